The first-order valence-corrected chi connectivity index (χ1v) is 5.70. The van der Waals surface area contributed by atoms with E-state index in [1.807, 2.05) is 6.20 Å². The van der Waals surface area contributed by atoms with Crippen molar-refractivity contribution in [1.82, 2.24) is 9.55 Å². The van der Waals surface area contributed by atoms with Crippen LogP contribution in [0, 0.1) is 17.1 Å². The van der Waals surface area contributed by atoms with E-state index in [0.29, 0.717) is 11.5 Å². The lowest BCUT2D eigenvalue weighted by molar-refractivity contribution is 0.256. The number of rotatable bonds is 1. The Morgan fingerprint density at radius 3 is 2.71 bits per heavy atom. The Bertz CT molecular complexity index is 386. The molecule has 78 valence electrons. The minimum absolute atomic E-state index is 0.394. The van der Waals surface area contributed by atoms with E-state index in [1.54, 1.807) is 0 Å². The first kappa shape index (κ1) is 9.97. The Labute approximate surface area is 90.3 Å². The molecule has 1 heterocycles. The van der Waals surface area contributed by atoms with Crippen molar-refractivity contribution in [1.29, 1.82) is 0 Å². The van der Waals surface area contributed by atoms with E-state index in [0.717, 1.165) is 4.77 Å². The van der Waals surface area contributed by atoms with E-state index < -0.39 is 0 Å². The topological polar surface area (TPSA) is 20.7 Å². The summed E-state index contributed by atoms with van der Waals surface area (Å²) in [4.78, 5) is 3.13. The molecule has 3 heteroatoms. The Morgan fingerprint density at radius 2 is 2.29 bits per heavy atom. The summed E-state index contributed by atoms with van der Waals surface area (Å²) in [6.45, 7) is 6.82. The molecule has 2 rings (SSSR count). The molecule has 0 bridgehead atoms. The zero-order valence-corrected chi connectivity index (χ0v) is 9.95. The molecule has 1 saturated carbocycles. The SMILES string of the molecule is Cc1c[nH]c(=S)n1C1CCCC1(C)C. The van der Waals surface area contributed by atoms with Gasteiger partial charge in [0.25, 0.3) is 0 Å². The van der Waals surface area contributed by atoms with Crippen LogP contribution in [0.5, 0.6) is 0 Å². The number of aromatic nitrogens is 2. The largest absolute Gasteiger partial charge is 0.337 e. The molecule has 0 aromatic carbocycles. The number of hydrogen-bond acceptors (Lipinski definition) is 1. The third-order valence-corrected chi connectivity index (χ3v) is 3.83. The van der Waals surface area contributed by atoms with Gasteiger partial charge in [-0.15, -0.1) is 0 Å². The number of aryl methyl sites for hydroxylation is 1. The van der Waals surface area contributed by atoms with Gasteiger partial charge in [0, 0.05) is 17.9 Å². The molecule has 1 aliphatic carbocycles. The maximum Gasteiger partial charge on any atom is 0.177 e. The maximum absolute atomic E-state index is 5.32. The number of imidazole rings is 1. The molecule has 1 N–H and O–H groups in total. The molecule has 0 aliphatic heterocycles. The molecule has 0 radical (unpaired) electrons. The van der Waals surface area contributed by atoms with Crippen molar-refractivity contribution >= 4 is 12.2 Å². The number of H-pyrrole nitrogens is 1. The molecular weight excluding hydrogens is 192 g/mol. The quantitative estimate of drug-likeness (QED) is 0.702. The summed E-state index contributed by atoms with van der Waals surface area (Å²) < 4.78 is 3.17. The highest BCUT2D eigenvalue weighted by Crippen LogP contribution is 2.46. The van der Waals surface area contributed by atoms with Crippen LogP contribution in [-0.4, -0.2) is 9.55 Å². The van der Waals surface area contributed by atoms with Crippen LogP contribution in [0.1, 0.15) is 44.8 Å². The third kappa shape index (κ3) is 1.44. The van der Waals surface area contributed by atoms with Gasteiger partial charge in [-0.1, -0.05) is 20.3 Å². The van der Waals surface area contributed by atoms with E-state index in [9.17, 15) is 0 Å². The first-order chi connectivity index (χ1) is 6.52. The molecular formula is C11H18N2S. The van der Waals surface area contributed by atoms with Gasteiger partial charge in [-0.25, -0.2) is 0 Å². The highest BCUT2D eigenvalue weighted by Gasteiger charge is 2.36. The molecule has 1 aromatic rings. The van der Waals surface area contributed by atoms with E-state index in [2.05, 4.69) is 30.3 Å². The summed E-state index contributed by atoms with van der Waals surface area (Å²) in [6.07, 6.45) is 5.91. The third-order valence-electron chi connectivity index (χ3n) is 3.52. The van der Waals surface area contributed by atoms with Crippen LogP contribution in [0.4, 0.5) is 0 Å². The lowest BCUT2D eigenvalue weighted by Crippen LogP contribution is -2.22. The Morgan fingerprint density at radius 1 is 1.57 bits per heavy atom. The fraction of sp³-hybridized carbons (Fsp3) is 0.727. The van der Waals surface area contributed by atoms with Crippen LogP contribution in [0.25, 0.3) is 0 Å². The molecule has 14 heavy (non-hydrogen) atoms. The minimum atomic E-state index is 0.394. The van der Waals surface area contributed by atoms with Crippen LogP contribution >= 0.6 is 12.2 Å². The van der Waals surface area contributed by atoms with Gasteiger partial charge < -0.3 is 9.55 Å². The lowest BCUT2D eigenvalue weighted by Gasteiger charge is -2.29. The molecule has 1 aliphatic rings. The van der Waals surface area contributed by atoms with Gasteiger partial charge in [-0.3, -0.25) is 0 Å². The summed E-state index contributed by atoms with van der Waals surface area (Å²) in [5.74, 6) is 0. The van der Waals surface area contributed by atoms with Crippen LogP contribution < -0.4 is 0 Å². The van der Waals surface area contributed by atoms with E-state index in [-0.39, 0.29) is 0 Å². The summed E-state index contributed by atoms with van der Waals surface area (Å²) >= 11 is 5.32. The number of nitrogens with zero attached hydrogens (tertiary/aromatic N) is 1. The molecule has 0 spiro atoms. The summed E-state index contributed by atoms with van der Waals surface area (Å²) in [7, 11) is 0. The lowest BCUT2D eigenvalue weighted by atomic mass is 9.87. The van der Waals surface area contributed by atoms with Crippen molar-refractivity contribution in [2.24, 2.45) is 5.41 Å². The van der Waals surface area contributed by atoms with Crippen molar-refractivity contribution in [3.63, 3.8) is 0 Å². The summed E-state index contributed by atoms with van der Waals surface area (Å²) in [5, 5.41) is 0. The van der Waals surface area contributed by atoms with E-state index in [1.165, 1.54) is 25.0 Å². The first-order valence-electron chi connectivity index (χ1n) is 5.29. The van der Waals surface area contributed by atoms with Crippen LogP contribution in [0.15, 0.2) is 6.20 Å². The molecule has 2 nitrogen and oxygen atoms in total. The predicted molar refractivity (Wildman–Crippen MR) is 61.0 cm³/mol. The van der Waals surface area contributed by atoms with Gasteiger partial charge in [-0.05, 0) is 37.4 Å². The normalized spacial score (nSPS) is 25.5. The molecule has 1 fully saturated rings. The van der Waals surface area contributed by atoms with Crippen molar-refractivity contribution in [3.8, 4) is 0 Å². The fourth-order valence-corrected chi connectivity index (χ4v) is 2.97. The van der Waals surface area contributed by atoms with Crippen molar-refractivity contribution < 1.29 is 0 Å². The second-order valence-corrected chi connectivity index (χ2v) is 5.39. The van der Waals surface area contributed by atoms with E-state index >= 15 is 0 Å². The fourth-order valence-electron chi connectivity index (χ4n) is 2.64. The van der Waals surface area contributed by atoms with E-state index in [4.69, 9.17) is 12.2 Å². The molecule has 1 atom stereocenters. The average Bonchev–Trinajstić information content (AvgIpc) is 2.57. The maximum atomic E-state index is 5.32. The van der Waals surface area contributed by atoms with Crippen molar-refractivity contribution in [2.45, 2.75) is 46.1 Å². The average molecular weight is 210 g/mol. The van der Waals surface area contributed by atoms with Gasteiger partial charge in [0.15, 0.2) is 4.77 Å². The zero-order chi connectivity index (χ0) is 10.3. The summed E-state index contributed by atoms with van der Waals surface area (Å²) in [5.41, 5.74) is 1.65. The van der Waals surface area contributed by atoms with Gasteiger partial charge >= 0.3 is 0 Å². The predicted octanol–water partition coefficient (Wildman–Crippen LogP) is 3.61. The minimum Gasteiger partial charge on any atom is -0.337 e. The second-order valence-electron chi connectivity index (χ2n) is 5.00. The Balaban J connectivity index is 2.45. The van der Waals surface area contributed by atoms with Crippen molar-refractivity contribution in [3.05, 3.63) is 16.7 Å². The zero-order valence-electron chi connectivity index (χ0n) is 9.13. The van der Waals surface area contributed by atoms with Crippen LogP contribution in [0.2, 0.25) is 0 Å². The molecule has 1 aromatic heterocycles. The smallest absolute Gasteiger partial charge is 0.177 e. The Hall–Kier alpha value is -0.570. The molecule has 1 unspecified atom stereocenters. The number of nitrogens with one attached hydrogen (secondary N) is 1. The number of hydrogen-bond donors (Lipinski definition) is 1. The monoisotopic (exact) mass is 210 g/mol. The van der Waals surface area contributed by atoms with Crippen molar-refractivity contribution in [2.75, 3.05) is 0 Å². The number of aromatic amines is 1. The second kappa shape index (κ2) is 3.23. The molecule has 0 saturated heterocycles. The van der Waals surface area contributed by atoms with Gasteiger partial charge in [0.2, 0.25) is 0 Å². The highest BCUT2D eigenvalue weighted by atomic mass is 32.1. The van der Waals surface area contributed by atoms with Gasteiger partial charge in [0.05, 0.1) is 0 Å². The van der Waals surface area contributed by atoms with Gasteiger partial charge in [-0.2, -0.15) is 0 Å². The van der Waals surface area contributed by atoms with Gasteiger partial charge in [0.1, 0.15) is 0 Å². The van der Waals surface area contributed by atoms with Crippen LogP contribution in [0.3, 0.4) is 0 Å². The summed E-state index contributed by atoms with van der Waals surface area (Å²) in [6, 6.07) is 0.584. The Kier molecular flexibility index (Phi) is 2.30. The molecule has 0 amide bonds. The highest BCUT2D eigenvalue weighted by molar-refractivity contribution is 7.71. The standard InChI is InChI=1S/C11H18N2S/c1-8-7-12-10(14)13(8)9-5-4-6-11(9,2)3/h7,9H,4-6H2,1-3H3,(H,12,14). The van der Waals surface area contributed by atoms with Crippen LogP contribution in [-0.2, 0) is 0 Å².